The van der Waals surface area contributed by atoms with Crippen molar-refractivity contribution in [1.29, 1.82) is 0 Å². The van der Waals surface area contributed by atoms with Gasteiger partial charge in [0.2, 0.25) is 0 Å². The molecule has 32 heavy (non-hydrogen) atoms. The molecule has 3 aliphatic rings. The number of benzene rings is 1. The van der Waals surface area contributed by atoms with Gasteiger partial charge in [0.15, 0.2) is 5.82 Å². The largest absolute Gasteiger partial charge is 0.573 e. The molecule has 7 nitrogen and oxygen atoms in total. The highest BCUT2D eigenvalue weighted by atomic mass is 19.4. The summed E-state index contributed by atoms with van der Waals surface area (Å²) in [5, 5.41) is 4.77. The van der Waals surface area contributed by atoms with Crippen LogP contribution in [0.25, 0.3) is 5.69 Å². The number of fused-ring (bicyclic) bond motifs is 1. The number of aryl methyl sites for hydroxylation is 1. The predicted molar refractivity (Wildman–Crippen MR) is 113 cm³/mol. The van der Waals surface area contributed by atoms with Crippen LogP contribution in [-0.4, -0.2) is 90.5 Å². The summed E-state index contributed by atoms with van der Waals surface area (Å²) < 4.78 is 48.4. The van der Waals surface area contributed by atoms with Crippen LogP contribution in [0.4, 0.5) is 19.0 Å². The van der Waals surface area contributed by atoms with Gasteiger partial charge in [0.1, 0.15) is 5.75 Å². The van der Waals surface area contributed by atoms with Crippen molar-refractivity contribution in [2.45, 2.75) is 31.8 Å². The van der Waals surface area contributed by atoms with Gasteiger partial charge in [0.05, 0.1) is 18.9 Å². The van der Waals surface area contributed by atoms with E-state index in [0.717, 1.165) is 70.4 Å². The van der Waals surface area contributed by atoms with E-state index in [0.29, 0.717) is 17.8 Å². The Hall–Kier alpha value is -2.30. The molecule has 3 fully saturated rings. The molecule has 174 valence electrons. The number of halogens is 3. The fourth-order valence-electron chi connectivity index (χ4n) is 5.09. The van der Waals surface area contributed by atoms with Crippen LogP contribution in [0.5, 0.6) is 5.75 Å². The summed E-state index contributed by atoms with van der Waals surface area (Å²) >= 11 is 0. The van der Waals surface area contributed by atoms with Crippen LogP contribution >= 0.6 is 0 Å². The van der Waals surface area contributed by atoms with Gasteiger partial charge in [0.25, 0.3) is 0 Å². The summed E-state index contributed by atoms with van der Waals surface area (Å²) in [6.45, 7) is 9.64. The first-order valence-corrected chi connectivity index (χ1v) is 11.1. The van der Waals surface area contributed by atoms with Crippen LogP contribution in [0.15, 0.2) is 30.3 Å². The summed E-state index contributed by atoms with van der Waals surface area (Å²) in [7, 11) is 0. The van der Waals surface area contributed by atoms with Crippen molar-refractivity contribution in [1.82, 2.24) is 19.6 Å². The molecule has 0 spiro atoms. The molecule has 0 amide bonds. The molecule has 1 aromatic heterocycles. The minimum atomic E-state index is -4.69. The Kier molecular flexibility index (Phi) is 5.77. The zero-order valence-corrected chi connectivity index (χ0v) is 18.1. The van der Waals surface area contributed by atoms with E-state index in [9.17, 15) is 13.2 Å². The molecule has 3 aliphatic heterocycles. The number of piperazine rings is 1. The third-order valence-electron chi connectivity index (χ3n) is 6.67. The number of hydrogen-bond donors (Lipinski definition) is 0. The molecular formula is C22H28F3N5O2. The lowest BCUT2D eigenvalue weighted by Gasteiger charge is -2.37. The molecule has 4 heterocycles. The van der Waals surface area contributed by atoms with E-state index >= 15 is 0 Å². The number of ether oxygens (including phenoxy) is 2. The zero-order chi connectivity index (χ0) is 22.3. The molecule has 1 aromatic carbocycles. The van der Waals surface area contributed by atoms with Gasteiger partial charge in [-0.2, -0.15) is 5.10 Å². The molecule has 0 unspecified atom stereocenters. The third-order valence-corrected chi connectivity index (χ3v) is 6.67. The lowest BCUT2D eigenvalue weighted by Crippen LogP contribution is -2.50. The summed E-state index contributed by atoms with van der Waals surface area (Å²) in [4.78, 5) is 7.49. The van der Waals surface area contributed by atoms with E-state index in [2.05, 4.69) is 19.4 Å². The van der Waals surface area contributed by atoms with Gasteiger partial charge in [-0.05, 0) is 37.6 Å². The SMILES string of the molecule is Cc1cc(N2CCN3C[C@@H](N4CCOCC4)C[C@H]3C2)nn1-c1ccc(OC(F)(F)F)cc1. The number of hydrogen-bond acceptors (Lipinski definition) is 6. The predicted octanol–water partition coefficient (Wildman–Crippen LogP) is 2.67. The Morgan fingerprint density at radius 2 is 1.69 bits per heavy atom. The highest BCUT2D eigenvalue weighted by Crippen LogP contribution is 2.29. The average molecular weight is 451 g/mol. The standard InChI is InChI=1S/C22H28F3N5O2/c1-16-12-21(26-30(16)17-2-4-20(5-3-17)32-22(23,24)25)29-7-6-28-14-18(13-19(28)15-29)27-8-10-31-11-9-27/h2-5,12,18-19H,6-11,13-15H2,1H3/t18-,19-/m0/s1. The van der Waals surface area contributed by atoms with E-state index in [1.54, 1.807) is 16.8 Å². The summed E-state index contributed by atoms with van der Waals surface area (Å²) in [5.41, 5.74) is 1.64. The van der Waals surface area contributed by atoms with Crippen molar-refractivity contribution in [2.75, 3.05) is 57.4 Å². The summed E-state index contributed by atoms with van der Waals surface area (Å²) in [6.07, 6.45) is -3.53. The second-order valence-corrected chi connectivity index (χ2v) is 8.73. The Morgan fingerprint density at radius 1 is 0.969 bits per heavy atom. The van der Waals surface area contributed by atoms with Crippen LogP contribution in [0.2, 0.25) is 0 Å². The third kappa shape index (κ3) is 4.57. The lowest BCUT2D eigenvalue weighted by molar-refractivity contribution is -0.274. The normalized spacial score (nSPS) is 25.2. The number of rotatable bonds is 4. The van der Waals surface area contributed by atoms with Crippen LogP contribution in [0.3, 0.4) is 0 Å². The minimum absolute atomic E-state index is 0.238. The van der Waals surface area contributed by atoms with E-state index < -0.39 is 6.36 Å². The first-order valence-electron chi connectivity index (χ1n) is 11.1. The van der Waals surface area contributed by atoms with Gasteiger partial charge in [-0.15, -0.1) is 13.2 Å². The Labute approximate surface area is 185 Å². The fraction of sp³-hybridized carbons (Fsp3) is 0.591. The van der Waals surface area contributed by atoms with Gasteiger partial charge in [-0.25, -0.2) is 4.68 Å². The molecule has 0 bridgehead atoms. The van der Waals surface area contributed by atoms with Crippen molar-refractivity contribution in [2.24, 2.45) is 0 Å². The van der Waals surface area contributed by atoms with Gasteiger partial charge in [-0.3, -0.25) is 9.80 Å². The van der Waals surface area contributed by atoms with Gasteiger partial charge in [0, 0.05) is 63.1 Å². The molecule has 2 atom stereocenters. The molecule has 0 radical (unpaired) electrons. The molecule has 0 saturated carbocycles. The van der Waals surface area contributed by atoms with Crippen molar-refractivity contribution in [3.63, 3.8) is 0 Å². The summed E-state index contributed by atoms with van der Waals surface area (Å²) in [5.74, 6) is 0.672. The van der Waals surface area contributed by atoms with Crippen LogP contribution in [0.1, 0.15) is 12.1 Å². The van der Waals surface area contributed by atoms with Crippen LogP contribution < -0.4 is 9.64 Å². The topological polar surface area (TPSA) is 46.0 Å². The van der Waals surface area contributed by atoms with Gasteiger partial charge in [-0.1, -0.05) is 0 Å². The second-order valence-electron chi connectivity index (χ2n) is 8.73. The molecule has 5 rings (SSSR count). The molecule has 3 saturated heterocycles. The Balaban J connectivity index is 1.25. The van der Waals surface area contributed by atoms with Crippen molar-refractivity contribution in [3.8, 4) is 11.4 Å². The quantitative estimate of drug-likeness (QED) is 0.713. The van der Waals surface area contributed by atoms with E-state index in [1.165, 1.54) is 12.1 Å². The number of morpholine rings is 1. The molecule has 10 heteroatoms. The minimum Gasteiger partial charge on any atom is -0.406 e. The number of alkyl halides is 3. The molecule has 0 N–H and O–H groups in total. The maximum atomic E-state index is 12.4. The summed E-state index contributed by atoms with van der Waals surface area (Å²) in [6, 6.07) is 8.96. The van der Waals surface area contributed by atoms with Crippen LogP contribution in [0, 0.1) is 6.92 Å². The maximum Gasteiger partial charge on any atom is 0.573 e. The molecular weight excluding hydrogens is 423 g/mol. The van der Waals surface area contributed by atoms with E-state index in [1.807, 2.05) is 13.0 Å². The molecule has 0 aliphatic carbocycles. The smallest absolute Gasteiger partial charge is 0.406 e. The van der Waals surface area contributed by atoms with Crippen molar-refractivity contribution >= 4 is 5.82 Å². The average Bonchev–Trinajstić information content (AvgIpc) is 3.37. The monoisotopic (exact) mass is 451 g/mol. The lowest BCUT2D eigenvalue weighted by atomic mass is 10.1. The van der Waals surface area contributed by atoms with Gasteiger partial charge >= 0.3 is 6.36 Å². The number of anilines is 1. The second kappa shape index (κ2) is 8.57. The first kappa shape index (κ1) is 21.5. The van der Waals surface area contributed by atoms with Gasteiger partial charge < -0.3 is 14.4 Å². The highest BCUT2D eigenvalue weighted by molar-refractivity contribution is 5.45. The zero-order valence-electron chi connectivity index (χ0n) is 18.1. The van der Waals surface area contributed by atoms with Crippen LogP contribution in [-0.2, 0) is 4.74 Å². The van der Waals surface area contributed by atoms with E-state index in [-0.39, 0.29) is 5.75 Å². The first-order chi connectivity index (χ1) is 15.4. The number of aromatic nitrogens is 2. The Morgan fingerprint density at radius 3 is 2.41 bits per heavy atom. The van der Waals surface area contributed by atoms with Crippen molar-refractivity contribution in [3.05, 3.63) is 36.0 Å². The maximum absolute atomic E-state index is 12.4. The van der Waals surface area contributed by atoms with E-state index in [4.69, 9.17) is 9.84 Å². The fourth-order valence-corrected chi connectivity index (χ4v) is 5.09. The molecule has 2 aromatic rings. The Bertz CT molecular complexity index is 927. The van der Waals surface area contributed by atoms with Crippen molar-refractivity contribution < 1.29 is 22.6 Å². The highest BCUT2D eigenvalue weighted by Gasteiger charge is 2.39. The number of nitrogens with zero attached hydrogens (tertiary/aromatic N) is 5.